The Hall–Kier alpha value is -2.96. The number of hydrazine groups is 1. The molecule has 144 valence electrons. The molecule has 0 unspecified atom stereocenters. The van der Waals surface area contributed by atoms with Gasteiger partial charge in [-0.15, -0.1) is 0 Å². The molecule has 0 aliphatic rings. The average molecular weight is 394 g/mol. The predicted octanol–water partition coefficient (Wildman–Crippen LogP) is 3.44. The molecule has 1 N–H and O–H groups in total. The van der Waals surface area contributed by atoms with Crippen LogP contribution in [0.4, 0.5) is 0 Å². The number of hydrogen-bond donors (Lipinski definition) is 1. The van der Waals surface area contributed by atoms with Crippen LogP contribution in [0.5, 0.6) is 0 Å². The van der Waals surface area contributed by atoms with Gasteiger partial charge in [0.1, 0.15) is 0 Å². The molecule has 3 aromatic rings. The van der Waals surface area contributed by atoms with Crippen molar-refractivity contribution in [1.29, 1.82) is 0 Å². The lowest BCUT2D eigenvalue weighted by Gasteiger charge is -2.23. The van der Waals surface area contributed by atoms with Crippen molar-refractivity contribution in [3.8, 4) is 0 Å². The third-order valence-electron chi connectivity index (χ3n) is 4.24. The van der Waals surface area contributed by atoms with Gasteiger partial charge in [0.2, 0.25) is 0 Å². The summed E-state index contributed by atoms with van der Waals surface area (Å²) in [6.07, 6.45) is 1.14. The van der Waals surface area contributed by atoms with Crippen LogP contribution in [-0.2, 0) is 22.9 Å². The largest absolute Gasteiger partial charge is 0.284 e. The van der Waals surface area contributed by atoms with Gasteiger partial charge in [0.25, 0.3) is 5.91 Å². The van der Waals surface area contributed by atoms with E-state index < -0.39 is 9.84 Å². The van der Waals surface area contributed by atoms with E-state index in [1.165, 1.54) is 24.3 Å². The minimum Gasteiger partial charge on any atom is -0.284 e. The van der Waals surface area contributed by atoms with Gasteiger partial charge in [-0.05, 0) is 35.4 Å². The highest BCUT2D eigenvalue weighted by atomic mass is 32.2. The van der Waals surface area contributed by atoms with Crippen LogP contribution >= 0.6 is 0 Å². The van der Waals surface area contributed by atoms with Crippen molar-refractivity contribution in [2.75, 3.05) is 6.26 Å². The Morgan fingerprint density at radius 1 is 0.786 bits per heavy atom. The zero-order chi connectivity index (χ0) is 20.0. The summed E-state index contributed by atoms with van der Waals surface area (Å²) < 4.78 is 23.2. The number of hydrogen-bond acceptors (Lipinski definition) is 4. The third kappa shape index (κ3) is 5.52. The molecule has 28 heavy (non-hydrogen) atoms. The fourth-order valence-corrected chi connectivity index (χ4v) is 3.43. The summed E-state index contributed by atoms with van der Waals surface area (Å²) in [4.78, 5) is 12.9. The third-order valence-corrected chi connectivity index (χ3v) is 5.37. The summed E-state index contributed by atoms with van der Waals surface area (Å²) in [5.41, 5.74) is 5.49. The van der Waals surface area contributed by atoms with Gasteiger partial charge in [0.05, 0.1) is 4.90 Å². The summed E-state index contributed by atoms with van der Waals surface area (Å²) in [6, 6.07) is 25.7. The van der Waals surface area contributed by atoms with Crippen LogP contribution in [0.2, 0.25) is 0 Å². The van der Waals surface area contributed by atoms with Gasteiger partial charge in [0, 0.05) is 24.9 Å². The first-order valence-corrected chi connectivity index (χ1v) is 10.7. The Bertz CT molecular complexity index is 977. The number of nitrogens with zero attached hydrogens (tertiary/aromatic N) is 1. The van der Waals surface area contributed by atoms with Crippen molar-refractivity contribution in [3.05, 3.63) is 102 Å². The van der Waals surface area contributed by atoms with Gasteiger partial charge in [-0.3, -0.25) is 10.2 Å². The highest BCUT2D eigenvalue weighted by Crippen LogP contribution is 2.12. The predicted molar refractivity (Wildman–Crippen MR) is 109 cm³/mol. The highest BCUT2D eigenvalue weighted by Gasteiger charge is 2.14. The first kappa shape index (κ1) is 19.8. The van der Waals surface area contributed by atoms with Gasteiger partial charge < -0.3 is 0 Å². The van der Waals surface area contributed by atoms with Crippen molar-refractivity contribution in [2.24, 2.45) is 0 Å². The van der Waals surface area contributed by atoms with E-state index in [-0.39, 0.29) is 10.8 Å². The molecule has 6 heteroatoms. The van der Waals surface area contributed by atoms with Crippen LogP contribution in [0.3, 0.4) is 0 Å². The van der Waals surface area contributed by atoms with Crippen LogP contribution in [0.1, 0.15) is 21.5 Å². The number of carbonyl (C=O) groups excluding carboxylic acids is 1. The molecule has 3 rings (SSSR count). The average Bonchev–Trinajstić information content (AvgIpc) is 2.69. The number of benzene rings is 3. The molecule has 0 fully saturated rings. The maximum absolute atomic E-state index is 12.7. The van der Waals surface area contributed by atoms with Crippen LogP contribution in [-0.4, -0.2) is 25.6 Å². The topological polar surface area (TPSA) is 66.5 Å². The molecule has 0 heterocycles. The lowest BCUT2D eigenvalue weighted by Crippen LogP contribution is -2.41. The number of nitrogens with one attached hydrogen (secondary N) is 1. The summed E-state index contributed by atoms with van der Waals surface area (Å²) in [7, 11) is -3.29. The van der Waals surface area contributed by atoms with Crippen molar-refractivity contribution in [1.82, 2.24) is 10.4 Å². The molecule has 0 aliphatic carbocycles. The summed E-state index contributed by atoms with van der Waals surface area (Å²) in [6.45, 7) is 1.09. The Morgan fingerprint density at radius 2 is 1.25 bits per heavy atom. The van der Waals surface area contributed by atoms with E-state index in [1.54, 1.807) is 0 Å². The van der Waals surface area contributed by atoms with Crippen LogP contribution in [0.15, 0.2) is 89.8 Å². The molecule has 1 amide bonds. The second kappa shape index (κ2) is 8.82. The van der Waals surface area contributed by atoms with Crippen LogP contribution in [0, 0.1) is 0 Å². The highest BCUT2D eigenvalue weighted by molar-refractivity contribution is 7.90. The Morgan fingerprint density at radius 3 is 1.68 bits per heavy atom. The lowest BCUT2D eigenvalue weighted by molar-refractivity contribution is 0.0759. The molecular weight excluding hydrogens is 372 g/mol. The normalized spacial score (nSPS) is 11.4. The first-order valence-electron chi connectivity index (χ1n) is 8.86. The van der Waals surface area contributed by atoms with Crippen molar-refractivity contribution >= 4 is 15.7 Å². The van der Waals surface area contributed by atoms with Crippen molar-refractivity contribution < 1.29 is 13.2 Å². The van der Waals surface area contributed by atoms with Crippen LogP contribution < -0.4 is 5.43 Å². The fourth-order valence-electron chi connectivity index (χ4n) is 2.80. The van der Waals surface area contributed by atoms with Gasteiger partial charge in [-0.25, -0.2) is 13.4 Å². The van der Waals surface area contributed by atoms with Gasteiger partial charge in [-0.1, -0.05) is 60.7 Å². The fraction of sp³-hybridized carbons (Fsp3) is 0.136. The molecule has 0 saturated heterocycles. The summed E-state index contributed by atoms with van der Waals surface area (Å²) >= 11 is 0. The summed E-state index contributed by atoms with van der Waals surface area (Å²) in [5.74, 6) is -0.285. The summed E-state index contributed by atoms with van der Waals surface area (Å²) in [5, 5.41) is 1.84. The van der Waals surface area contributed by atoms with E-state index in [1.807, 2.05) is 65.7 Å². The van der Waals surface area contributed by atoms with Crippen molar-refractivity contribution in [2.45, 2.75) is 18.0 Å². The minimum absolute atomic E-state index is 0.189. The second-order valence-electron chi connectivity index (χ2n) is 6.56. The molecule has 0 aromatic heterocycles. The first-order chi connectivity index (χ1) is 13.4. The molecule has 3 aromatic carbocycles. The van der Waals surface area contributed by atoms with Crippen molar-refractivity contribution in [3.63, 3.8) is 0 Å². The SMILES string of the molecule is CS(=O)(=O)c1ccc(C(=O)NN(Cc2ccccc2)Cc2ccccc2)cc1. The Kier molecular flexibility index (Phi) is 6.23. The van der Waals surface area contributed by atoms with Gasteiger partial charge in [0.15, 0.2) is 9.84 Å². The maximum atomic E-state index is 12.7. The zero-order valence-electron chi connectivity index (χ0n) is 15.6. The second-order valence-corrected chi connectivity index (χ2v) is 8.58. The standard InChI is InChI=1S/C22H22N2O3S/c1-28(26,27)21-14-12-20(13-15-21)22(25)23-24(16-18-8-4-2-5-9-18)17-19-10-6-3-7-11-19/h2-15H,16-17H2,1H3,(H,23,25). The van der Waals surface area contributed by atoms with E-state index in [9.17, 15) is 13.2 Å². The van der Waals surface area contributed by atoms with E-state index in [2.05, 4.69) is 5.43 Å². The molecule has 5 nitrogen and oxygen atoms in total. The van der Waals surface area contributed by atoms with Crippen LogP contribution in [0.25, 0.3) is 0 Å². The number of carbonyl (C=O) groups is 1. The molecule has 0 aliphatic heterocycles. The molecule has 0 atom stereocenters. The molecule has 0 bridgehead atoms. The van der Waals surface area contributed by atoms with E-state index in [0.717, 1.165) is 17.4 Å². The van der Waals surface area contributed by atoms with E-state index in [0.29, 0.717) is 18.7 Å². The van der Waals surface area contributed by atoms with Gasteiger partial charge in [-0.2, -0.15) is 0 Å². The maximum Gasteiger partial charge on any atom is 0.265 e. The van der Waals surface area contributed by atoms with E-state index >= 15 is 0 Å². The smallest absolute Gasteiger partial charge is 0.265 e. The monoisotopic (exact) mass is 394 g/mol. The Labute approximate surface area is 165 Å². The molecule has 0 spiro atoms. The zero-order valence-corrected chi connectivity index (χ0v) is 16.4. The molecule has 0 radical (unpaired) electrons. The molecular formula is C22H22N2O3S. The number of rotatable bonds is 7. The minimum atomic E-state index is -3.29. The van der Waals surface area contributed by atoms with E-state index in [4.69, 9.17) is 0 Å². The lowest BCUT2D eigenvalue weighted by atomic mass is 10.2. The molecule has 0 saturated carbocycles. The Balaban J connectivity index is 1.76. The van der Waals surface area contributed by atoms with Gasteiger partial charge >= 0.3 is 0 Å². The quantitative estimate of drug-likeness (QED) is 0.624. The number of sulfone groups is 1. The number of amides is 1.